The second kappa shape index (κ2) is 5.20. The number of anilines is 1. The predicted molar refractivity (Wildman–Crippen MR) is 62.2 cm³/mol. The van der Waals surface area contributed by atoms with E-state index in [1.165, 1.54) is 12.8 Å². The second-order valence-corrected chi connectivity index (χ2v) is 3.99. The summed E-state index contributed by atoms with van der Waals surface area (Å²) < 4.78 is 0. The van der Waals surface area contributed by atoms with E-state index in [-0.39, 0.29) is 0 Å². The van der Waals surface area contributed by atoms with Gasteiger partial charge in [0.25, 0.3) is 0 Å². The third-order valence-corrected chi connectivity index (χ3v) is 2.36. The molecule has 1 rings (SSSR count). The summed E-state index contributed by atoms with van der Waals surface area (Å²) in [5.41, 5.74) is 1.16. The predicted octanol–water partition coefficient (Wildman–Crippen LogP) is 3.28. The minimum absolute atomic E-state index is 0.573. The molecule has 1 aromatic heterocycles. The number of unbranched alkanes of at least 4 members (excludes halogenated alkanes) is 1. The van der Waals surface area contributed by atoms with Crippen LogP contribution in [0.4, 0.5) is 5.82 Å². The van der Waals surface area contributed by atoms with E-state index in [1.54, 1.807) is 0 Å². The first-order chi connectivity index (χ1) is 6.63. The summed E-state index contributed by atoms with van der Waals surface area (Å²) in [4.78, 5) is 6.42. The molecule has 0 fully saturated rings. The molecular formula is C11H17ClN2. The van der Waals surface area contributed by atoms with Gasteiger partial charge in [0, 0.05) is 13.6 Å². The molecule has 0 N–H and O–H groups in total. The molecule has 0 amide bonds. The molecular weight excluding hydrogens is 196 g/mol. The molecule has 1 heterocycles. The van der Waals surface area contributed by atoms with E-state index >= 15 is 0 Å². The van der Waals surface area contributed by atoms with Gasteiger partial charge in [0.1, 0.15) is 11.0 Å². The molecule has 0 aromatic carbocycles. The molecule has 3 heteroatoms. The van der Waals surface area contributed by atoms with Crippen LogP contribution in [0.1, 0.15) is 25.3 Å². The van der Waals surface area contributed by atoms with Crippen molar-refractivity contribution in [2.75, 3.05) is 18.5 Å². The molecule has 0 saturated carbocycles. The third-order valence-electron chi connectivity index (χ3n) is 2.16. The van der Waals surface area contributed by atoms with Crippen molar-refractivity contribution < 1.29 is 0 Å². The van der Waals surface area contributed by atoms with Crippen molar-refractivity contribution in [3.05, 3.63) is 22.8 Å². The number of hydrogen-bond acceptors (Lipinski definition) is 2. The summed E-state index contributed by atoms with van der Waals surface area (Å²) in [6, 6.07) is 3.93. The Balaban J connectivity index is 2.73. The maximum absolute atomic E-state index is 5.89. The lowest BCUT2D eigenvalue weighted by atomic mass is 10.2. The van der Waals surface area contributed by atoms with Gasteiger partial charge in [0.2, 0.25) is 0 Å². The molecule has 0 spiro atoms. The quantitative estimate of drug-likeness (QED) is 0.713. The smallest absolute Gasteiger partial charge is 0.131 e. The first-order valence-corrected chi connectivity index (χ1v) is 5.36. The lowest BCUT2D eigenvalue weighted by molar-refractivity contribution is 0.759. The summed E-state index contributed by atoms with van der Waals surface area (Å²) in [7, 11) is 2.05. The molecule has 0 unspecified atom stereocenters. The number of halogens is 1. The number of hydrogen-bond donors (Lipinski definition) is 0. The van der Waals surface area contributed by atoms with Crippen LogP contribution in [-0.2, 0) is 0 Å². The molecule has 0 atom stereocenters. The van der Waals surface area contributed by atoms with Gasteiger partial charge in [-0.25, -0.2) is 4.98 Å². The monoisotopic (exact) mass is 212 g/mol. The number of rotatable bonds is 4. The molecule has 0 aliphatic heterocycles. The largest absolute Gasteiger partial charge is 0.360 e. The Bertz CT molecular complexity index is 279. The molecule has 14 heavy (non-hydrogen) atoms. The van der Waals surface area contributed by atoms with Crippen LogP contribution in [-0.4, -0.2) is 18.6 Å². The van der Waals surface area contributed by atoms with Gasteiger partial charge in [-0.15, -0.1) is 0 Å². The topological polar surface area (TPSA) is 16.1 Å². The maximum Gasteiger partial charge on any atom is 0.131 e. The molecule has 0 aliphatic rings. The van der Waals surface area contributed by atoms with E-state index in [0.29, 0.717) is 5.15 Å². The van der Waals surface area contributed by atoms with Crippen LogP contribution in [0.15, 0.2) is 12.1 Å². The highest BCUT2D eigenvalue weighted by molar-refractivity contribution is 6.29. The third kappa shape index (κ3) is 3.18. The van der Waals surface area contributed by atoms with Crippen LogP contribution < -0.4 is 4.90 Å². The Labute approximate surface area is 90.9 Å². The van der Waals surface area contributed by atoms with E-state index in [0.717, 1.165) is 17.9 Å². The number of pyridine rings is 1. The Morgan fingerprint density at radius 3 is 2.71 bits per heavy atom. The fourth-order valence-corrected chi connectivity index (χ4v) is 1.57. The molecule has 0 aliphatic carbocycles. The van der Waals surface area contributed by atoms with E-state index in [2.05, 4.69) is 22.9 Å². The summed E-state index contributed by atoms with van der Waals surface area (Å²) in [5.74, 6) is 0.962. The Kier molecular flexibility index (Phi) is 4.21. The van der Waals surface area contributed by atoms with Crippen molar-refractivity contribution in [3.8, 4) is 0 Å². The first kappa shape index (κ1) is 11.3. The average Bonchev–Trinajstić information content (AvgIpc) is 2.12. The van der Waals surface area contributed by atoms with Crippen molar-refractivity contribution in [2.24, 2.45) is 0 Å². The van der Waals surface area contributed by atoms with Crippen molar-refractivity contribution >= 4 is 17.4 Å². The van der Waals surface area contributed by atoms with Gasteiger partial charge in [-0.1, -0.05) is 24.9 Å². The van der Waals surface area contributed by atoms with Crippen molar-refractivity contribution in [2.45, 2.75) is 26.7 Å². The van der Waals surface area contributed by atoms with Crippen LogP contribution in [0.25, 0.3) is 0 Å². The molecule has 2 nitrogen and oxygen atoms in total. The molecule has 78 valence electrons. The average molecular weight is 213 g/mol. The molecule has 0 bridgehead atoms. The minimum Gasteiger partial charge on any atom is -0.360 e. The van der Waals surface area contributed by atoms with Gasteiger partial charge >= 0.3 is 0 Å². The maximum atomic E-state index is 5.89. The normalized spacial score (nSPS) is 10.3. The lowest BCUT2D eigenvalue weighted by Gasteiger charge is -2.18. The van der Waals surface area contributed by atoms with E-state index in [9.17, 15) is 0 Å². The zero-order valence-electron chi connectivity index (χ0n) is 9.05. The van der Waals surface area contributed by atoms with Gasteiger partial charge in [-0.3, -0.25) is 0 Å². The van der Waals surface area contributed by atoms with E-state index < -0.39 is 0 Å². The number of aromatic nitrogens is 1. The van der Waals surface area contributed by atoms with Crippen molar-refractivity contribution in [1.82, 2.24) is 4.98 Å². The van der Waals surface area contributed by atoms with Crippen LogP contribution in [0.5, 0.6) is 0 Å². The van der Waals surface area contributed by atoms with Crippen molar-refractivity contribution in [1.29, 1.82) is 0 Å². The van der Waals surface area contributed by atoms with Crippen molar-refractivity contribution in [3.63, 3.8) is 0 Å². The molecule has 0 saturated heterocycles. The second-order valence-electron chi connectivity index (χ2n) is 3.60. The summed E-state index contributed by atoms with van der Waals surface area (Å²) >= 11 is 5.89. The summed E-state index contributed by atoms with van der Waals surface area (Å²) in [6.45, 7) is 5.25. The van der Waals surface area contributed by atoms with Gasteiger partial charge in [-0.2, -0.15) is 0 Å². The Hall–Kier alpha value is -0.760. The van der Waals surface area contributed by atoms with E-state index in [4.69, 9.17) is 11.6 Å². The van der Waals surface area contributed by atoms with Gasteiger partial charge in [0.15, 0.2) is 0 Å². The molecule has 1 aromatic rings. The highest BCUT2D eigenvalue weighted by Gasteiger charge is 2.03. The number of nitrogens with zero attached hydrogens (tertiary/aromatic N) is 2. The summed E-state index contributed by atoms with van der Waals surface area (Å²) in [6.07, 6.45) is 2.38. The highest BCUT2D eigenvalue weighted by Crippen LogP contribution is 2.16. The van der Waals surface area contributed by atoms with Crippen LogP contribution in [0.3, 0.4) is 0 Å². The van der Waals surface area contributed by atoms with Gasteiger partial charge in [-0.05, 0) is 31.0 Å². The first-order valence-electron chi connectivity index (χ1n) is 4.99. The van der Waals surface area contributed by atoms with Gasteiger partial charge in [0.05, 0.1) is 0 Å². The zero-order chi connectivity index (χ0) is 10.6. The van der Waals surface area contributed by atoms with Crippen LogP contribution in [0, 0.1) is 6.92 Å². The SMILES string of the molecule is CCCCN(C)c1cc(C)cc(Cl)n1. The zero-order valence-corrected chi connectivity index (χ0v) is 9.80. The van der Waals surface area contributed by atoms with Crippen LogP contribution >= 0.6 is 11.6 Å². The van der Waals surface area contributed by atoms with Crippen LogP contribution in [0.2, 0.25) is 5.15 Å². The fourth-order valence-electron chi connectivity index (χ4n) is 1.31. The molecule has 0 radical (unpaired) electrons. The minimum atomic E-state index is 0.573. The number of aryl methyl sites for hydroxylation is 1. The van der Waals surface area contributed by atoms with E-state index in [1.807, 2.05) is 20.0 Å². The Morgan fingerprint density at radius 1 is 1.43 bits per heavy atom. The highest BCUT2D eigenvalue weighted by atomic mass is 35.5. The lowest BCUT2D eigenvalue weighted by Crippen LogP contribution is -2.19. The summed E-state index contributed by atoms with van der Waals surface area (Å²) in [5, 5.41) is 0.573. The fraction of sp³-hybridized carbons (Fsp3) is 0.545. The standard InChI is InChI=1S/C11H17ClN2/c1-4-5-6-14(3)11-8-9(2)7-10(12)13-11/h7-8H,4-6H2,1-3H3. The Morgan fingerprint density at radius 2 is 2.14 bits per heavy atom. The van der Waals surface area contributed by atoms with Gasteiger partial charge < -0.3 is 4.90 Å².